The fraction of sp³-hybridized carbons (Fsp3) is 0.370. The van der Waals surface area contributed by atoms with Crippen LogP contribution < -0.4 is 24.3 Å². The number of ether oxygens (including phenoxy) is 5. The van der Waals surface area contributed by atoms with Gasteiger partial charge in [0.2, 0.25) is 11.9 Å². The second-order valence-electron chi connectivity index (χ2n) is 8.63. The minimum atomic E-state index is -0.907. The summed E-state index contributed by atoms with van der Waals surface area (Å²) in [7, 11) is 2.51. The number of halogens is 3. The summed E-state index contributed by atoms with van der Waals surface area (Å²) in [5.74, 6) is -2.40. The lowest BCUT2D eigenvalue weighted by Gasteiger charge is -2.26. The van der Waals surface area contributed by atoms with E-state index in [0.29, 0.717) is 44.8 Å². The van der Waals surface area contributed by atoms with Crippen LogP contribution in [-0.4, -0.2) is 67.9 Å². The van der Waals surface area contributed by atoms with Crippen molar-refractivity contribution in [3.8, 4) is 23.0 Å². The maximum atomic E-state index is 14.5. The normalized spacial score (nSPS) is 13.1. The zero-order chi connectivity index (χ0) is 28.5. The number of morpholine rings is 1. The molecule has 0 saturated carbocycles. The van der Waals surface area contributed by atoms with Crippen molar-refractivity contribution in [3.05, 3.63) is 59.7 Å². The number of amides is 1. The molecule has 40 heavy (non-hydrogen) atoms. The molecule has 1 saturated heterocycles. The third kappa shape index (κ3) is 7.23. The second-order valence-corrected chi connectivity index (χ2v) is 8.63. The van der Waals surface area contributed by atoms with Crippen LogP contribution in [0.25, 0.3) is 0 Å². The van der Waals surface area contributed by atoms with E-state index in [4.69, 9.17) is 23.7 Å². The summed E-state index contributed by atoms with van der Waals surface area (Å²) in [4.78, 5) is 22.1. The summed E-state index contributed by atoms with van der Waals surface area (Å²) in [6, 6.07) is 5.39. The fourth-order valence-corrected chi connectivity index (χ4v) is 3.88. The van der Waals surface area contributed by atoms with Crippen molar-refractivity contribution < 1.29 is 41.7 Å². The molecular weight excluding hydrogens is 533 g/mol. The van der Waals surface area contributed by atoms with Crippen molar-refractivity contribution >= 4 is 17.5 Å². The maximum absolute atomic E-state index is 14.5. The fourth-order valence-electron chi connectivity index (χ4n) is 3.88. The van der Waals surface area contributed by atoms with Gasteiger partial charge in [-0.15, -0.1) is 0 Å². The summed E-state index contributed by atoms with van der Waals surface area (Å²) >= 11 is 0. The second kappa shape index (κ2) is 13.7. The van der Waals surface area contributed by atoms with Gasteiger partial charge in [0, 0.05) is 37.3 Å². The van der Waals surface area contributed by atoms with Gasteiger partial charge in [0.1, 0.15) is 6.61 Å². The number of carbonyl (C=O) groups excluding carboxylic acids is 1. The van der Waals surface area contributed by atoms with Gasteiger partial charge >= 0.3 is 0 Å². The highest BCUT2D eigenvalue weighted by Gasteiger charge is 2.21. The highest BCUT2D eigenvalue weighted by atomic mass is 19.1. The first kappa shape index (κ1) is 28.7. The molecule has 3 aromatic rings. The standard InChI is InChI=1S/C27H29F3N4O6/c1-36-22-13-23(37-2)26(30)19(25(22)29)16-40-18-14-31-27(32-15-18)33-17-5-6-21(20(28)12-17)39-9-3-4-24(35)34-7-10-38-11-8-34/h5-6,12-15H,3-4,7-11,16H2,1-2H3,(H,31,32,33). The molecule has 1 fully saturated rings. The molecule has 0 unspecified atom stereocenters. The summed E-state index contributed by atoms with van der Waals surface area (Å²) in [5, 5.41) is 2.85. The predicted octanol–water partition coefficient (Wildman–Crippen LogP) is 4.25. The van der Waals surface area contributed by atoms with Crippen molar-refractivity contribution in [2.45, 2.75) is 19.4 Å². The van der Waals surface area contributed by atoms with Gasteiger partial charge in [-0.1, -0.05) is 0 Å². The Labute approximate surface area is 229 Å². The number of methoxy groups -OCH3 is 2. The number of hydrogen-bond acceptors (Lipinski definition) is 9. The van der Waals surface area contributed by atoms with E-state index in [1.54, 1.807) is 11.0 Å². The van der Waals surface area contributed by atoms with E-state index in [0.717, 1.165) is 6.07 Å². The largest absolute Gasteiger partial charge is 0.494 e. The summed E-state index contributed by atoms with van der Waals surface area (Å²) in [6.07, 6.45) is 3.38. The van der Waals surface area contributed by atoms with E-state index in [9.17, 15) is 18.0 Å². The van der Waals surface area contributed by atoms with E-state index in [1.165, 1.54) is 38.7 Å². The van der Waals surface area contributed by atoms with Crippen LogP contribution in [0.1, 0.15) is 18.4 Å². The number of hydrogen-bond donors (Lipinski definition) is 1. The van der Waals surface area contributed by atoms with Gasteiger partial charge in [0.05, 0.1) is 52.0 Å². The molecule has 0 spiro atoms. The van der Waals surface area contributed by atoms with Gasteiger partial charge in [0.25, 0.3) is 0 Å². The van der Waals surface area contributed by atoms with Gasteiger partial charge in [-0.25, -0.2) is 23.1 Å². The van der Waals surface area contributed by atoms with Gasteiger partial charge in [0.15, 0.2) is 40.4 Å². The smallest absolute Gasteiger partial charge is 0.227 e. The highest BCUT2D eigenvalue weighted by molar-refractivity contribution is 5.76. The number of nitrogens with one attached hydrogen (secondary N) is 1. The molecule has 1 aliphatic heterocycles. The molecule has 1 aliphatic rings. The first-order valence-electron chi connectivity index (χ1n) is 12.5. The van der Waals surface area contributed by atoms with Crippen LogP contribution in [0.3, 0.4) is 0 Å². The molecule has 10 nitrogen and oxygen atoms in total. The van der Waals surface area contributed by atoms with Gasteiger partial charge in [-0.05, 0) is 18.6 Å². The monoisotopic (exact) mass is 562 g/mol. The van der Waals surface area contributed by atoms with Gasteiger partial charge in [-0.2, -0.15) is 0 Å². The minimum Gasteiger partial charge on any atom is -0.494 e. The number of anilines is 2. The van der Waals surface area contributed by atoms with Crippen molar-refractivity contribution in [1.82, 2.24) is 14.9 Å². The molecule has 1 amide bonds. The molecule has 2 heterocycles. The van der Waals surface area contributed by atoms with E-state index in [-0.39, 0.29) is 47.0 Å². The molecule has 0 atom stereocenters. The van der Waals surface area contributed by atoms with Crippen LogP contribution in [0, 0.1) is 17.5 Å². The molecule has 0 bridgehead atoms. The Hall–Kier alpha value is -4.26. The molecule has 214 valence electrons. The van der Waals surface area contributed by atoms with Crippen LogP contribution in [0.15, 0.2) is 36.7 Å². The topological polar surface area (TPSA) is 104 Å². The molecule has 0 radical (unpaired) electrons. The van der Waals surface area contributed by atoms with Gasteiger partial charge in [-0.3, -0.25) is 4.79 Å². The Balaban J connectivity index is 1.27. The lowest BCUT2D eigenvalue weighted by Crippen LogP contribution is -2.40. The number of carbonyl (C=O) groups is 1. The molecule has 13 heteroatoms. The number of benzene rings is 2. The number of nitrogens with zero attached hydrogens (tertiary/aromatic N) is 3. The molecule has 4 rings (SSSR count). The van der Waals surface area contributed by atoms with Gasteiger partial charge < -0.3 is 33.9 Å². The first-order chi connectivity index (χ1) is 19.4. The lowest BCUT2D eigenvalue weighted by molar-refractivity contribution is -0.135. The average Bonchev–Trinajstić information content (AvgIpc) is 2.97. The Bertz CT molecular complexity index is 1280. The highest BCUT2D eigenvalue weighted by Crippen LogP contribution is 2.32. The Morgan fingerprint density at radius 1 is 0.975 bits per heavy atom. The predicted molar refractivity (Wildman–Crippen MR) is 138 cm³/mol. The maximum Gasteiger partial charge on any atom is 0.227 e. The molecular formula is C27H29F3N4O6. The van der Waals surface area contributed by atoms with E-state index in [1.807, 2.05) is 0 Å². The quantitative estimate of drug-likeness (QED) is 0.325. The molecule has 0 aliphatic carbocycles. The van der Waals surface area contributed by atoms with Crippen molar-refractivity contribution in [2.75, 3.05) is 52.4 Å². The number of aromatic nitrogens is 2. The van der Waals surface area contributed by atoms with E-state index >= 15 is 0 Å². The van der Waals surface area contributed by atoms with E-state index in [2.05, 4.69) is 15.3 Å². The van der Waals surface area contributed by atoms with Crippen LogP contribution in [0.5, 0.6) is 23.0 Å². The Morgan fingerprint density at radius 2 is 1.65 bits per heavy atom. The Kier molecular flexibility index (Phi) is 9.84. The summed E-state index contributed by atoms with van der Waals surface area (Å²) in [6.45, 7) is 1.98. The summed E-state index contributed by atoms with van der Waals surface area (Å²) in [5.41, 5.74) is -0.00600. The van der Waals surface area contributed by atoms with Crippen molar-refractivity contribution in [1.29, 1.82) is 0 Å². The van der Waals surface area contributed by atoms with Crippen molar-refractivity contribution in [2.24, 2.45) is 0 Å². The first-order valence-corrected chi connectivity index (χ1v) is 12.5. The Morgan fingerprint density at radius 3 is 2.27 bits per heavy atom. The molecule has 2 aromatic carbocycles. The molecule has 1 N–H and O–H groups in total. The van der Waals surface area contributed by atoms with Crippen LogP contribution in [0.2, 0.25) is 0 Å². The van der Waals surface area contributed by atoms with Crippen LogP contribution >= 0.6 is 0 Å². The number of rotatable bonds is 12. The zero-order valence-electron chi connectivity index (χ0n) is 22.0. The summed E-state index contributed by atoms with van der Waals surface area (Å²) < 4.78 is 69.5. The SMILES string of the molecule is COc1cc(OC)c(F)c(COc2cnc(Nc3ccc(OCCCC(=O)N4CCOCC4)c(F)c3)nc2)c1F. The van der Waals surface area contributed by atoms with Crippen molar-refractivity contribution in [3.63, 3.8) is 0 Å². The molecule has 1 aromatic heterocycles. The van der Waals surface area contributed by atoms with E-state index < -0.39 is 24.1 Å². The zero-order valence-corrected chi connectivity index (χ0v) is 22.0. The third-order valence-corrected chi connectivity index (χ3v) is 6.02. The third-order valence-electron chi connectivity index (χ3n) is 6.02. The van der Waals surface area contributed by atoms with Crippen LogP contribution in [-0.2, 0) is 16.1 Å². The lowest BCUT2D eigenvalue weighted by atomic mass is 10.1. The van der Waals surface area contributed by atoms with Crippen LogP contribution in [0.4, 0.5) is 24.8 Å². The minimum absolute atomic E-state index is 0.0307. The average molecular weight is 563 g/mol.